The standard InChI is InChI=1S/C17H17ClN2O4/c1-23-13-5-3-11(4-6-13)14(10-16(21)24-2)20-17(22)12-7-8-19-15(18)9-12/h3-9,14H,10H2,1-2H3,(H,20,22). The molecule has 6 nitrogen and oxygen atoms in total. The summed E-state index contributed by atoms with van der Waals surface area (Å²) in [5.74, 6) is -0.101. The molecular weight excluding hydrogens is 332 g/mol. The monoisotopic (exact) mass is 348 g/mol. The lowest BCUT2D eigenvalue weighted by Gasteiger charge is -2.18. The molecule has 1 aromatic heterocycles. The van der Waals surface area contributed by atoms with Crippen LogP contribution in [0.1, 0.15) is 28.4 Å². The maximum atomic E-state index is 12.4. The van der Waals surface area contributed by atoms with E-state index in [0.717, 1.165) is 5.56 Å². The molecule has 0 aliphatic heterocycles. The van der Waals surface area contributed by atoms with Crippen molar-refractivity contribution in [3.8, 4) is 5.75 Å². The van der Waals surface area contributed by atoms with Crippen molar-refractivity contribution in [2.24, 2.45) is 0 Å². The van der Waals surface area contributed by atoms with Crippen LogP contribution in [-0.4, -0.2) is 31.1 Å². The maximum Gasteiger partial charge on any atom is 0.307 e. The molecule has 0 saturated heterocycles. The van der Waals surface area contributed by atoms with Gasteiger partial charge in [-0.15, -0.1) is 0 Å². The fourth-order valence-electron chi connectivity index (χ4n) is 2.12. The number of ether oxygens (including phenoxy) is 2. The Morgan fingerprint density at radius 2 is 1.92 bits per heavy atom. The highest BCUT2D eigenvalue weighted by Crippen LogP contribution is 2.21. The Hall–Kier alpha value is -2.60. The van der Waals surface area contributed by atoms with E-state index >= 15 is 0 Å². The van der Waals surface area contributed by atoms with Crippen LogP contribution in [0, 0.1) is 0 Å². The first-order chi connectivity index (χ1) is 11.5. The average molecular weight is 349 g/mol. The predicted octanol–water partition coefficient (Wildman–Crippen LogP) is 2.78. The van der Waals surface area contributed by atoms with Crippen LogP contribution in [-0.2, 0) is 9.53 Å². The molecule has 0 saturated carbocycles. The number of hydrogen-bond acceptors (Lipinski definition) is 5. The van der Waals surface area contributed by atoms with E-state index in [1.807, 2.05) is 0 Å². The van der Waals surface area contributed by atoms with E-state index in [-0.39, 0.29) is 17.5 Å². The van der Waals surface area contributed by atoms with Crippen molar-refractivity contribution in [2.45, 2.75) is 12.5 Å². The third kappa shape index (κ3) is 4.70. The number of benzene rings is 1. The minimum Gasteiger partial charge on any atom is -0.497 e. The highest BCUT2D eigenvalue weighted by atomic mass is 35.5. The molecule has 24 heavy (non-hydrogen) atoms. The van der Waals surface area contributed by atoms with Gasteiger partial charge in [0.15, 0.2) is 0 Å². The van der Waals surface area contributed by atoms with E-state index in [1.54, 1.807) is 37.4 Å². The fraction of sp³-hybridized carbons (Fsp3) is 0.235. The SMILES string of the molecule is COC(=O)CC(NC(=O)c1ccnc(Cl)c1)c1ccc(OC)cc1. The van der Waals surface area contributed by atoms with Crippen LogP contribution in [0.2, 0.25) is 5.15 Å². The number of hydrogen-bond donors (Lipinski definition) is 1. The van der Waals surface area contributed by atoms with Crippen LogP contribution in [0.25, 0.3) is 0 Å². The minimum absolute atomic E-state index is 0.00733. The van der Waals surface area contributed by atoms with Crippen LogP contribution < -0.4 is 10.1 Å². The van der Waals surface area contributed by atoms with Gasteiger partial charge in [-0.05, 0) is 29.8 Å². The third-order valence-corrected chi connectivity index (χ3v) is 3.62. The second kappa shape index (κ2) is 8.31. The Bertz CT molecular complexity index is 719. The molecular formula is C17H17ClN2O4. The molecule has 0 aliphatic carbocycles. The number of aromatic nitrogens is 1. The minimum atomic E-state index is -0.539. The summed E-state index contributed by atoms with van der Waals surface area (Å²) in [5, 5.41) is 3.03. The molecule has 0 fully saturated rings. The third-order valence-electron chi connectivity index (χ3n) is 3.41. The Balaban J connectivity index is 2.21. The van der Waals surface area contributed by atoms with Crippen LogP contribution in [0.15, 0.2) is 42.6 Å². The lowest BCUT2D eigenvalue weighted by molar-refractivity contribution is -0.141. The number of amides is 1. The lowest BCUT2D eigenvalue weighted by Crippen LogP contribution is -2.30. The second-order valence-electron chi connectivity index (χ2n) is 4.95. The van der Waals surface area contributed by atoms with Crippen LogP contribution >= 0.6 is 11.6 Å². The van der Waals surface area contributed by atoms with Crippen LogP contribution in [0.4, 0.5) is 0 Å². The molecule has 1 atom stereocenters. The van der Waals surface area contributed by atoms with Gasteiger partial charge in [0.2, 0.25) is 0 Å². The van der Waals surface area contributed by atoms with Crippen molar-refractivity contribution in [2.75, 3.05) is 14.2 Å². The number of pyridine rings is 1. The molecule has 1 aromatic carbocycles. The van der Waals surface area contributed by atoms with Gasteiger partial charge >= 0.3 is 5.97 Å². The largest absolute Gasteiger partial charge is 0.497 e. The number of esters is 1. The molecule has 0 aliphatic rings. The van der Waals surface area contributed by atoms with E-state index in [0.29, 0.717) is 11.3 Å². The molecule has 1 amide bonds. The second-order valence-corrected chi connectivity index (χ2v) is 5.33. The molecule has 7 heteroatoms. The number of halogens is 1. The molecule has 126 valence electrons. The van der Waals surface area contributed by atoms with Gasteiger partial charge < -0.3 is 14.8 Å². The number of nitrogens with zero attached hydrogens (tertiary/aromatic N) is 1. The molecule has 2 aromatic rings. The van der Waals surface area contributed by atoms with E-state index < -0.39 is 12.0 Å². The van der Waals surface area contributed by atoms with Crippen molar-refractivity contribution >= 4 is 23.5 Å². The molecule has 0 spiro atoms. The summed E-state index contributed by atoms with van der Waals surface area (Å²) in [5.41, 5.74) is 1.12. The molecule has 0 bridgehead atoms. The number of rotatable bonds is 6. The number of carbonyl (C=O) groups excluding carboxylic acids is 2. The van der Waals surface area contributed by atoms with Crippen molar-refractivity contribution in [3.05, 3.63) is 58.9 Å². The first kappa shape index (κ1) is 17.7. The van der Waals surface area contributed by atoms with Gasteiger partial charge in [0.1, 0.15) is 10.9 Å². The van der Waals surface area contributed by atoms with Gasteiger partial charge in [0, 0.05) is 11.8 Å². The average Bonchev–Trinajstić information content (AvgIpc) is 2.61. The number of nitrogens with one attached hydrogen (secondary N) is 1. The highest BCUT2D eigenvalue weighted by Gasteiger charge is 2.20. The summed E-state index contributed by atoms with van der Waals surface area (Å²) in [6.45, 7) is 0. The number of carbonyl (C=O) groups is 2. The lowest BCUT2D eigenvalue weighted by atomic mass is 10.0. The van der Waals surface area contributed by atoms with Crippen molar-refractivity contribution in [3.63, 3.8) is 0 Å². The predicted molar refractivity (Wildman–Crippen MR) is 89.1 cm³/mol. The van der Waals surface area contributed by atoms with Crippen LogP contribution in [0.3, 0.4) is 0 Å². The Morgan fingerprint density at radius 1 is 1.21 bits per heavy atom. The summed E-state index contributed by atoms with van der Waals surface area (Å²) in [7, 11) is 2.87. The molecule has 2 rings (SSSR count). The Morgan fingerprint density at radius 3 is 2.50 bits per heavy atom. The molecule has 1 heterocycles. The Labute approximate surface area is 144 Å². The fourth-order valence-corrected chi connectivity index (χ4v) is 2.30. The zero-order valence-electron chi connectivity index (χ0n) is 13.3. The summed E-state index contributed by atoms with van der Waals surface area (Å²) in [4.78, 5) is 27.9. The first-order valence-electron chi connectivity index (χ1n) is 7.16. The van der Waals surface area contributed by atoms with Gasteiger partial charge in [-0.3, -0.25) is 9.59 Å². The number of methoxy groups -OCH3 is 2. The van der Waals surface area contributed by atoms with Crippen molar-refractivity contribution in [1.82, 2.24) is 10.3 Å². The maximum absolute atomic E-state index is 12.4. The Kier molecular flexibility index (Phi) is 6.14. The van der Waals surface area contributed by atoms with Gasteiger partial charge in [-0.1, -0.05) is 23.7 Å². The van der Waals surface area contributed by atoms with E-state index in [4.69, 9.17) is 21.1 Å². The van der Waals surface area contributed by atoms with Gasteiger partial charge in [0.05, 0.1) is 26.7 Å². The van der Waals surface area contributed by atoms with Crippen molar-refractivity contribution in [1.29, 1.82) is 0 Å². The summed E-state index contributed by atoms with van der Waals surface area (Å²) < 4.78 is 9.82. The van der Waals surface area contributed by atoms with E-state index in [2.05, 4.69) is 10.3 Å². The molecule has 1 N–H and O–H groups in total. The summed E-state index contributed by atoms with van der Waals surface area (Å²) in [6, 6.07) is 9.55. The normalized spacial score (nSPS) is 11.5. The van der Waals surface area contributed by atoms with Gasteiger partial charge in [0.25, 0.3) is 5.91 Å². The first-order valence-corrected chi connectivity index (χ1v) is 7.54. The topological polar surface area (TPSA) is 77.5 Å². The van der Waals surface area contributed by atoms with Crippen molar-refractivity contribution < 1.29 is 19.1 Å². The van der Waals surface area contributed by atoms with E-state index in [1.165, 1.54) is 19.4 Å². The summed E-state index contributed by atoms with van der Waals surface area (Å²) >= 11 is 5.80. The van der Waals surface area contributed by atoms with Gasteiger partial charge in [-0.25, -0.2) is 4.98 Å². The quantitative estimate of drug-likeness (QED) is 0.641. The molecule has 1 unspecified atom stereocenters. The highest BCUT2D eigenvalue weighted by molar-refractivity contribution is 6.29. The smallest absolute Gasteiger partial charge is 0.307 e. The van der Waals surface area contributed by atoms with Gasteiger partial charge in [-0.2, -0.15) is 0 Å². The molecule has 0 radical (unpaired) electrons. The zero-order chi connectivity index (χ0) is 17.5. The van der Waals surface area contributed by atoms with E-state index in [9.17, 15) is 9.59 Å². The van der Waals surface area contributed by atoms with Crippen LogP contribution in [0.5, 0.6) is 5.75 Å². The zero-order valence-corrected chi connectivity index (χ0v) is 14.0. The summed E-state index contributed by atoms with van der Waals surface area (Å²) in [6.07, 6.45) is 1.45.